The van der Waals surface area contributed by atoms with Gasteiger partial charge in [0, 0.05) is 6.08 Å². The number of methoxy groups -OCH3 is 1. The summed E-state index contributed by atoms with van der Waals surface area (Å²) in [5.41, 5.74) is 7.13. The number of carboxylic acid groups (broad SMARTS) is 1. The third kappa shape index (κ3) is 4.57. The van der Waals surface area contributed by atoms with Crippen LogP contribution in [0.3, 0.4) is 0 Å². The quantitative estimate of drug-likeness (QED) is 0.330. The fourth-order valence-electron chi connectivity index (χ4n) is 4.37. The number of hydrogen-bond acceptors (Lipinski definition) is 4. The van der Waals surface area contributed by atoms with Gasteiger partial charge >= 0.3 is 5.97 Å². The van der Waals surface area contributed by atoms with Crippen molar-refractivity contribution < 1.29 is 19.0 Å². The van der Waals surface area contributed by atoms with E-state index >= 15 is 0 Å². The van der Waals surface area contributed by atoms with E-state index in [1.165, 1.54) is 0 Å². The zero-order valence-electron chi connectivity index (χ0n) is 19.4. The minimum absolute atomic E-state index is 0.334. The molecule has 0 aliphatic heterocycles. The number of aromatic amines is 1. The molecular weight excluding hydrogens is 445 g/mol. The van der Waals surface area contributed by atoms with Crippen LogP contribution in [0.5, 0.6) is 5.75 Å². The lowest BCUT2D eigenvalue weighted by atomic mass is 9.87. The molecule has 0 spiro atoms. The Kier molecular flexibility index (Phi) is 5.91. The molecule has 2 aromatic heterocycles. The van der Waals surface area contributed by atoms with Crippen molar-refractivity contribution in [3.8, 4) is 5.75 Å². The number of nitrogens with zero attached hydrogens (tertiary/aromatic N) is 2. The maximum atomic E-state index is 14.4. The number of hydrogen-bond donors (Lipinski definition) is 2. The first-order valence-electron chi connectivity index (χ1n) is 11.3. The van der Waals surface area contributed by atoms with Crippen molar-refractivity contribution in [2.45, 2.75) is 19.8 Å². The summed E-state index contributed by atoms with van der Waals surface area (Å²) >= 11 is 0. The van der Waals surface area contributed by atoms with Crippen molar-refractivity contribution in [2.24, 2.45) is 5.92 Å². The monoisotopic (exact) mass is 469 g/mol. The first-order valence-corrected chi connectivity index (χ1v) is 11.3. The molecule has 176 valence electrons. The molecule has 35 heavy (non-hydrogen) atoms. The van der Waals surface area contributed by atoms with E-state index in [-0.39, 0.29) is 0 Å². The number of H-pyrrole nitrogens is 1. The lowest BCUT2D eigenvalue weighted by Crippen LogP contribution is -2.02. The molecule has 0 amide bonds. The van der Waals surface area contributed by atoms with E-state index in [1.54, 1.807) is 19.4 Å². The van der Waals surface area contributed by atoms with Gasteiger partial charge in [-0.3, -0.25) is 10.1 Å². The Balaban J connectivity index is 1.74. The molecule has 0 bridgehead atoms. The van der Waals surface area contributed by atoms with E-state index in [1.807, 2.05) is 55.5 Å². The second-order valence-corrected chi connectivity index (χ2v) is 8.67. The van der Waals surface area contributed by atoms with Gasteiger partial charge in [0.25, 0.3) is 0 Å². The zero-order chi connectivity index (χ0) is 24.5. The maximum absolute atomic E-state index is 14.4. The lowest BCUT2D eigenvalue weighted by Gasteiger charge is -2.18. The molecule has 0 atom stereocenters. The number of aliphatic carboxylic acids is 1. The van der Waals surface area contributed by atoms with E-state index < -0.39 is 11.9 Å². The van der Waals surface area contributed by atoms with Crippen LogP contribution < -0.4 is 4.74 Å². The molecule has 5 rings (SSSR count). The second kappa shape index (κ2) is 9.18. The molecule has 1 fully saturated rings. The van der Waals surface area contributed by atoms with Crippen LogP contribution in [0.4, 0.5) is 4.39 Å². The fraction of sp³-hybridized carbons (Fsp3) is 0.179. The topological polar surface area (TPSA) is 88.1 Å². The highest BCUT2D eigenvalue weighted by Gasteiger charge is 2.32. The average Bonchev–Trinajstić information content (AvgIpc) is 3.64. The molecule has 0 unspecified atom stereocenters. The van der Waals surface area contributed by atoms with Gasteiger partial charge in [-0.1, -0.05) is 30.3 Å². The molecule has 1 aliphatic rings. The largest absolute Gasteiger partial charge is 0.495 e. The van der Waals surface area contributed by atoms with Crippen LogP contribution >= 0.6 is 0 Å². The van der Waals surface area contributed by atoms with Gasteiger partial charge in [0.1, 0.15) is 5.75 Å². The van der Waals surface area contributed by atoms with Gasteiger partial charge in [0.2, 0.25) is 5.95 Å². The lowest BCUT2D eigenvalue weighted by molar-refractivity contribution is -0.131. The second-order valence-electron chi connectivity index (χ2n) is 8.67. The third-order valence-electron chi connectivity index (χ3n) is 6.21. The Bertz CT molecular complexity index is 1480. The van der Waals surface area contributed by atoms with Crippen molar-refractivity contribution >= 4 is 34.1 Å². The Morgan fingerprint density at radius 2 is 1.89 bits per heavy atom. The Labute approximate surface area is 201 Å². The fourth-order valence-corrected chi connectivity index (χ4v) is 4.37. The van der Waals surface area contributed by atoms with Gasteiger partial charge in [-0.2, -0.15) is 9.49 Å². The van der Waals surface area contributed by atoms with Crippen LogP contribution in [-0.4, -0.2) is 33.4 Å². The minimum Gasteiger partial charge on any atom is -0.495 e. The standard InChI is InChI=1S/C28H24FN3O3/c1-16-13-21(35-2)15-30-27(16)26(19-8-9-19)25(18-6-3-17(4-7-18)5-12-24(33)34)20-10-11-23-22(14-20)28(29)32-31-23/h3-7,10-15,19H,8-9H2,1-2H3,(H,31,32)(H,33,34). The van der Waals surface area contributed by atoms with Gasteiger partial charge in [0.05, 0.1) is 29.9 Å². The third-order valence-corrected chi connectivity index (χ3v) is 6.21. The Morgan fingerprint density at radius 1 is 1.14 bits per heavy atom. The highest BCUT2D eigenvalue weighted by Crippen LogP contribution is 2.48. The predicted octanol–water partition coefficient (Wildman–Crippen LogP) is 5.88. The van der Waals surface area contributed by atoms with E-state index in [0.717, 1.165) is 58.0 Å². The number of carboxylic acids is 1. The van der Waals surface area contributed by atoms with Crippen molar-refractivity contribution in [3.63, 3.8) is 0 Å². The number of ether oxygens (including phenoxy) is 1. The van der Waals surface area contributed by atoms with Gasteiger partial charge < -0.3 is 9.84 Å². The molecule has 7 heteroatoms. The molecule has 2 heterocycles. The molecule has 2 aromatic carbocycles. The van der Waals surface area contributed by atoms with Crippen LogP contribution in [0.1, 0.15) is 40.8 Å². The van der Waals surface area contributed by atoms with E-state index in [0.29, 0.717) is 22.6 Å². The van der Waals surface area contributed by atoms with Gasteiger partial charge in [-0.15, -0.1) is 0 Å². The number of nitrogens with one attached hydrogen (secondary N) is 1. The van der Waals surface area contributed by atoms with Crippen molar-refractivity contribution in [3.05, 3.63) is 94.7 Å². The molecule has 2 N–H and O–H groups in total. The first-order chi connectivity index (χ1) is 16.9. The van der Waals surface area contributed by atoms with Crippen LogP contribution in [0.25, 0.3) is 28.1 Å². The summed E-state index contributed by atoms with van der Waals surface area (Å²) in [5.74, 6) is -0.440. The summed E-state index contributed by atoms with van der Waals surface area (Å²) in [6, 6.07) is 15.3. The van der Waals surface area contributed by atoms with Crippen LogP contribution in [0.2, 0.25) is 0 Å². The highest BCUT2D eigenvalue weighted by molar-refractivity contribution is 6.01. The van der Waals surface area contributed by atoms with Crippen LogP contribution in [0, 0.1) is 18.8 Å². The Hall–Kier alpha value is -4.26. The predicted molar refractivity (Wildman–Crippen MR) is 133 cm³/mol. The van der Waals surface area contributed by atoms with E-state index in [2.05, 4.69) is 10.2 Å². The number of benzene rings is 2. The minimum atomic E-state index is -0.998. The number of pyridine rings is 1. The number of aromatic nitrogens is 3. The summed E-state index contributed by atoms with van der Waals surface area (Å²) in [6.07, 6.45) is 6.49. The summed E-state index contributed by atoms with van der Waals surface area (Å²) in [4.78, 5) is 15.7. The summed E-state index contributed by atoms with van der Waals surface area (Å²) < 4.78 is 19.8. The molecule has 1 aliphatic carbocycles. The van der Waals surface area contributed by atoms with Gasteiger partial charge in [0.15, 0.2) is 0 Å². The molecule has 6 nitrogen and oxygen atoms in total. The van der Waals surface area contributed by atoms with Gasteiger partial charge in [-0.25, -0.2) is 4.79 Å². The normalized spacial score (nSPS) is 14.4. The zero-order valence-corrected chi connectivity index (χ0v) is 19.4. The number of halogens is 1. The maximum Gasteiger partial charge on any atom is 0.328 e. The molecule has 1 saturated carbocycles. The molecule has 4 aromatic rings. The average molecular weight is 470 g/mol. The molecular formula is C28H24FN3O3. The highest BCUT2D eigenvalue weighted by atomic mass is 19.1. The number of aryl methyl sites for hydroxylation is 1. The van der Waals surface area contributed by atoms with Crippen molar-refractivity contribution in [1.82, 2.24) is 15.2 Å². The molecule has 0 radical (unpaired) electrons. The van der Waals surface area contributed by atoms with Gasteiger partial charge in [-0.05, 0) is 83.4 Å². The number of allylic oxidation sites excluding steroid dienone is 1. The van der Waals surface area contributed by atoms with Crippen molar-refractivity contribution in [2.75, 3.05) is 7.11 Å². The summed E-state index contributed by atoms with van der Waals surface area (Å²) in [5, 5.41) is 15.8. The number of fused-ring (bicyclic) bond motifs is 1. The van der Waals surface area contributed by atoms with E-state index in [4.69, 9.17) is 14.8 Å². The van der Waals surface area contributed by atoms with Crippen molar-refractivity contribution in [1.29, 1.82) is 0 Å². The van der Waals surface area contributed by atoms with Crippen LogP contribution in [0.15, 0.2) is 60.8 Å². The Morgan fingerprint density at radius 3 is 2.54 bits per heavy atom. The number of rotatable bonds is 7. The molecule has 0 saturated heterocycles. The van der Waals surface area contributed by atoms with Crippen LogP contribution in [-0.2, 0) is 4.79 Å². The summed E-state index contributed by atoms with van der Waals surface area (Å²) in [7, 11) is 1.62. The smallest absolute Gasteiger partial charge is 0.328 e. The first kappa shape index (κ1) is 22.5. The number of carbonyl (C=O) groups is 1. The van der Waals surface area contributed by atoms with E-state index in [9.17, 15) is 9.18 Å². The SMILES string of the molecule is COc1cnc(C(=C(c2ccc(C=CC(=O)O)cc2)c2ccc3n[nH]c(F)c3c2)C2CC2)c(C)c1. The summed E-state index contributed by atoms with van der Waals surface area (Å²) in [6.45, 7) is 2.02.